The van der Waals surface area contributed by atoms with Gasteiger partial charge in [-0.15, -0.1) is 11.3 Å². The largest absolute Gasteiger partial charge is 0.309 e. The van der Waals surface area contributed by atoms with Crippen LogP contribution < -0.4 is 5.32 Å². The van der Waals surface area contributed by atoms with Crippen LogP contribution in [-0.4, -0.2) is 25.7 Å². The van der Waals surface area contributed by atoms with Crippen LogP contribution in [0.15, 0.2) is 40.1 Å². The molecular formula is C14H16N2O2S2. The van der Waals surface area contributed by atoms with Crippen LogP contribution in [0.3, 0.4) is 0 Å². The van der Waals surface area contributed by atoms with Gasteiger partial charge in [-0.2, -0.15) is 0 Å². The van der Waals surface area contributed by atoms with Crippen LogP contribution in [0.1, 0.15) is 23.7 Å². The predicted molar refractivity (Wildman–Crippen MR) is 79.7 cm³/mol. The van der Waals surface area contributed by atoms with Crippen molar-refractivity contribution in [2.45, 2.75) is 23.8 Å². The summed E-state index contributed by atoms with van der Waals surface area (Å²) in [5.41, 5.74) is 3.81. The zero-order valence-electron chi connectivity index (χ0n) is 11.0. The number of fused-ring (bicyclic) bond motifs is 1. The molecule has 20 heavy (non-hydrogen) atoms. The molecule has 4 nitrogen and oxygen atoms in total. The van der Waals surface area contributed by atoms with Crippen molar-refractivity contribution in [1.82, 2.24) is 10.3 Å². The third kappa shape index (κ3) is 2.77. The van der Waals surface area contributed by atoms with Crippen molar-refractivity contribution in [2.75, 3.05) is 12.3 Å². The highest BCUT2D eigenvalue weighted by Gasteiger charge is 2.29. The number of aromatic nitrogens is 1. The first-order chi connectivity index (χ1) is 9.67. The number of nitrogens with zero attached hydrogens (tertiary/aromatic N) is 1. The van der Waals surface area contributed by atoms with Crippen molar-refractivity contribution in [3.63, 3.8) is 0 Å². The molecule has 0 spiro atoms. The molecule has 2 aromatic rings. The van der Waals surface area contributed by atoms with Crippen LogP contribution >= 0.6 is 11.3 Å². The summed E-state index contributed by atoms with van der Waals surface area (Å²) in [5, 5.41) is 5.50. The van der Waals surface area contributed by atoms with Gasteiger partial charge in [0.15, 0.2) is 9.84 Å². The van der Waals surface area contributed by atoms with E-state index in [1.165, 1.54) is 0 Å². The van der Waals surface area contributed by atoms with E-state index in [9.17, 15) is 8.42 Å². The average molecular weight is 308 g/mol. The van der Waals surface area contributed by atoms with E-state index < -0.39 is 9.84 Å². The monoisotopic (exact) mass is 308 g/mol. The summed E-state index contributed by atoms with van der Waals surface area (Å²) in [4.78, 5) is 4.73. The van der Waals surface area contributed by atoms with Gasteiger partial charge in [0.05, 0.1) is 21.9 Å². The number of thiazole rings is 1. The van der Waals surface area contributed by atoms with Crippen LogP contribution in [0, 0.1) is 0 Å². The molecule has 0 amide bonds. The van der Waals surface area contributed by atoms with Crippen molar-refractivity contribution in [2.24, 2.45) is 0 Å². The van der Waals surface area contributed by atoms with Gasteiger partial charge in [0.25, 0.3) is 0 Å². The van der Waals surface area contributed by atoms with Gasteiger partial charge in [-0.1, -0.05) is 18.2 Å². The molecule has 0 bridgehead atoms. The SMILES string of the molecule is O=S1(=O)CCC(NCCc2cscn2)c2ccccc21. The maximum absolute atomic E-state index is 12.0. The summed E-state index contributed by atoms with van der Waals surface area (Å²) >= 11 is 1.60. The third-order valence-corrected chi connectivity index (χ3v) is 6.01. The van der Waals surface area contributed by atoms with E-state index in [-0.39, 0.29) is 11.8 Å². The molecule has 2 heterocycles. The third-order valence-electron chi connectivity index (χ3n) is 3.56. The van der Waals surface area contributed by atoms with E-state index in [1.54, 1.807) is 23.5 Å². The molecule has 1 N–H and O–H groups in total. The molecule has 0 fully saturated rings. The predicted octanol–water partition coefficient (Wildman–Crippen LogP) is 2.19. The zero-order chi connectivity index (χ0) is 14.0. The van der Waals surface area contributed by atoms with Crippen molar-refractivity contribution in [3.8, 4) is 0 Å². The van der Waals surface area contributed by atoms with Gasteiger partial charge >= 0.3 is 0 Å². The Morgan fingerprint density at radius 3 is 3.00 bits per heavy atom. The fourth-order valence-corrected chi connectivity index (χ4v) is 4.75. The van der Waals surface area contributed by atoms with E-state index in [4.69, 9.17) is 0 Å². The molecule has 0 saturated carbocycles. The van der Waals surface area contributed by atoms with Gasteiger partial charge in [0, 0.05) is 24.4 Å². The molecule has 0 saturated heterocycles. The Morgan fingerprint density at radius 1 is 1.35 bits per heavy atom. The summed E-state index contributed by atoms with van der Waals surface area (Å²) < 4.78 is 24.1. The number of rotatable bonds is 4. The molecule has 0 aliphatic carbocycles. The fourth-order valence-electron chi connectivity index (χ4n) is 2.54. The Morgan fingerprint density at radius 2 is 2.20 bits per heavy atom. The number of sulfone groups is 1. The smallest absolute Gasteiger partial charge is 0.178 e. The Labute approximate surface area is 122 Å². The lowest BCUT2D eigenvalue weighted by Crippen LogP contribution is -2.31. The van der Waals surface area contributed by atoms with Gasteiger partial charge in [0.1, 0.15) is 0 Å². The zero-order valence-corrected chi connectivity index (χ0v) is 12.6. The quantitative estimate of drug-likeness (QED) is 0.940. The maximum atomic E-state index is 12.0. The molecule has 106 valence electrons. The van der Waals surface area contributed by atoms with Gasteiger partial charge in [-0.3, -0.25) is 0 Å². The van der Waals surface area contributed by atoms with E-state index in [1.807, 2.05) is 23.0 Å². The molecular weight excluding hydrogens is 292 g/mol. The molecule has 0 radical (unpaired) electrons. The fraction of sp³-hybridized carbons (Fsp3) is 0.357. The van der Waals surface area contributed by atoms with Crippen LogP contribution in [0.25, 0.3) is 0 Å². The van der Waals surface area contributed by atoms with Crippen molar-refractivity contribution < 1.29 is 8.42 Å². The van der Waals surface area contributed by atoms with E-state index >= 15 is 0 Å². The molecule has 3 rings (SSSR count). The normalized spacial score (nSPS) is 20.5. The highest BCUT2D eigenvalue weighted by Crippen LogP contribution is 2.31. The summed E-state index contributed by atoms with van der Waals surface area (Å²) in [6.07, 6.45) is 1.51. The molecule has 1 aromatic heterocycles. The second-order valence-corrected chi connectivity index (χ2v) is 7.68. The number of nitrogens with one attached hydrogen (secondary N) is 1. The first kappa shape index (κ1) is 13.7. The Balaban J connectivity index is 1.72. The molecule has 1 unspecified atom stereocenters. The highest BCUT2D eigenvalue weighted by atomic mass is 32.2. The van der Waals surface area contributed by atoms with Gasteiger partial charge in [-0.25, -0.2) is 13.4 Å². The summed E-state index contributed by atoms with van der Waals surface area (Å²) in [6.45, 7) is 0.808. The maximum Gasteiger partial charge on any atom is 0.178 e. The second-order valence-electron chi connectivity index (χ2n) is 4.88. The van der Waals surface area contributed by atoms with Crippen LogP contribution in [-0.2, 0) is 16.3 Å². The van der Waals surface area contributed by atoms with E-state index in [0.29, 0.717) is 11.3 Å². The summed E-state index contributed by atoms with van der Waals surface area (Å²) in [5.74, 6) is 0.221. The van der Waals surface area contributed by atoms with Crippen LogP contribution in [0.4, 0.5) is 0 Å². The highest BCUT2D eigenvalue weighted by molar-refractivity contribution is 7.91. The Hall–Kier alpha value is -1.24. The minimum atomic E-state index is -3.09. The topological polar surface area (TPSA) is 59.1 Å². The summed E-state index contributed by atoms with van der Waals surface area (Å²) in [7, 11) is -3.09. The lowest BCUT2D eigenvalue weighted by molar-refractivity contribution is 0.494. The van der Waals surface area contributed by atoms with Gasteiger partial charge in [-0.05, 0) is 18.1 Å². The van der Waals surface area contributed by atoms with Crippen LogP contribution in [0.2, 0.25) is 0 Å². The van der Waals surface area contributed by atoms with Crippen LogP contribution in [0.5, 0.6) is 0 Å². The lowest BCUT2D eigenvalue weighted by Gasteiger charge is -2.26. The number of hydrogen-bond acceptors (Lipinski definition) is 5. The second kappa shape index (κ2) is 5.63. The minimum absolute atomic E-state index is 0.119. The minimum Gasteiger partial charge on any atom is -0.309 e. The molecule has 1 aliphatic heterocycles. The molecule has 1 aromatic carbocycles. The molecule has 1 aliphatic rings. The summed E-state index contributed by atoms with van der Waals surface area (Å²) in [6, 6.07) is 7.42. The van der Waals surface area contributed by atoms with Crippen molar-refractivity contribution in [1.29, 1.82) is 0 Å². The average Bonchev–Trinajstić information content (AvgIpc) is 2.95. The standard InChI is InChI=1S/C14H16N2O2S2/c17-20(18)8-6-13(12-3-1-2-4-14(12)20)15-7-5-11-9-19-10-16-11/h1-4,9-10,13,15H,5-8H2. The van der Waals surface area contributed by atoms with Crippen molar-refractivity contribution >= 4 is 21.2 Å². The van der Waals surface area contributed by atoms with Crippen molar-refractivity contribution in [3.05, 3.63) is 46.4 Å². The Kier molecular flexibility index (Phi) is 3.87. The lowest BCUT2D eigenvalue weighted by atomic mass is 10.0. The molecule has 1 atom stereocenters. The van der Waals surface area contributed by atoms with E-state index in [2.05, 4.69) is 10.3 Å². The number of benzene rings is 1. The van der Waals surface area contributed by atoms with Gasteiger partial charge < -0.3 is 5.32 Å². The number of hydrogen-bond donors (Lipinski definition) is 1. The first-order valence-corrected chi connectivity index (χ1v) is 9.18. The Bertz CT molecular complexity index is 681. The van der Waals surface area contributed by atoms with Gasteiger partial charge in [0.2, 0.25) is 0 Å². The molecule has 6 heteroatoms. The van der Waals surface area contributed by atoms with E-state index in [0.717, 1.165) is 24.2 Å². The first-order valence-electron chi connectivity index (χ1n) is 6.59.